The number of nitrogens with zero attached hydrogens (tertiary/aromatic N) is 2. The SMILES string of the molecule is O=C(Cc1ccc(O)c(Cl)c1)N1CC[C@@]23OCCCN2C(=O)C[C@@H]13. The van der Waals surface area contributed by atoms with Crippen LogP contribution in [0.5, 0.6) is 5.75 Å². The Kier molecular flexibility index (Phi) is 3.69. The monoisotopic (exact) mass is 350 g/mol. The van der Waals surface area contributed by atoms with Gasteiger partial charge in [0.2, 0.25) is 11.8 Å². The smallest absolute Gasteiger partial charge is 0.227 e. The number of hydrogen-bond donors (Lipinski definition) is 1. The maximum absolute atomic E-state index is 12.8. The van der Waals surface area contributed by atoms with Gasteiger partial charge in [0.1, 0.15) is 5.75 Å². The van der Waals surface area contributed by atoms with E-state index in [0.717, 1.165) is 12.0 Å². The molecule has 2 atom stereocenters. The van der Waals surface area contributed by atoms with Crippen molar-refractivity contribution in [2.45, 2.75) is 37.5 Å². The van der Waals surface area contributed by atoms with Crippen molar-refractivity contribution in [2.24, 2.45) is 0 Å². The number of amides is 2. The van der Waals surface area contributed by atoms with E-state index in [1.54, 1.807) is 17.0 Å². The minimum Gasteiger partial charge on any atom is -0.506 e. The van der Waals surface area contributed by atoms with Crippen LogP contribution in [0.15, 0.2) is 18.2 Å². The van der Waals surface area contributed by atoms with Crippen LogP contribution in [0.25, 0.3) is 0 Å². The molecule has 6 nitrogen and oxygen atoms in total. The van der Waals surface area contributed by atoms with E-state index in [1.807, 2.05) is 4.90 Å². The summed E-state index contributed by atoms with van der Waals surface area (Å²) >= 11 is 5.91. The van der Waals surface area contributed by atoms with Crippen molar-refractivity contribution in [3.63, 3.8) is 0 Å². The van der Waals surface area contributed by atoms with Crippen LogP contribution in [0.2, 0.25) is 5.02 Å². The quantitative estimate of drug-likeness (QED) is 0.878. The predicted molar refractivity (Wildman–Crippen MR) is 86.6 cm³/mol. The van der Waals surface area contributed by atoms with Crippen LogP contribution < -0.4 is 0 Å². The van der Waals surface area contributed by atoms with Gasteiger partial charge in [0.25, 0.3) is 0 Å². The average molecular weight is 351 g/mol. The molecule has 0 saturated carbocycles. The number of likely N-dealkylation sites (tertiary alicyclic amines) is 1. The Hall–Kier alpha value is -1.79. The number of phenols is 1. The Balaban J connectivity index is 1.54. The summed E-state index contributed by atoms with van der Waals surface area (Å²) < 4.78 is 6.01. The zero-order valence-electron chi connectivity index (χ0n) is 13.2. The highest BCUT2D eigenvalue weighted by Crippen LogP contribution is 2.45. The largest absolute Gasteiger partial charge is 0.506 e. The third-order valence-corrected chi connectivity index (χ3v) is 5.60. The first-order chi connectivity index (χ1) is 11.5. The van der Waals surface area contributed by atoms with Crippen molar-refractivity contribution < 1.29 is 19.4 Å². The first-order valence-corrected chi connectivity index (χ1v) is 8.60. The summed E-state index contributed by atoms with van der Waals surface area (Å²) in [5.74, 6) is 0.0351. The Morgan fingerprint density at radius 1 is 1.42 bits per heavy atom. The molecule has 0 aromatic heterocycles. The molecule has 3 aliphatic heterocycles. The molecule has 7 heteroatoms. The molecule has 2 amide bonds. The van der Waals surface area contributed by atoms with Crippen LogP contribution in [0.1, 0.15) is 24.8 Å². The van der Waals surface area contributed by atoms with Gasteiger partial charge in [0, 0.05) is 19.5 Å². The van der Waals surface area contributed by atoms with Gasteiger partial charge in [-0.15, -0.1) is 0 Å². The number of ether oxygens (including phenoxy) is 1. The van der Waals surface area contributed by atoms with Gasteiger partial charge in [-0.2, -0.15) is 0 Å². The summed E-state index contributed by atoms with van der Waals surface area (Å²) in [4.78, 5) is 28.7. The van der Waals surface area contributed by atoms with Crippen molar-refractivity contribution in [3.05, 3.63) is 28.8 Å². The van der Waals surface area contributed by atoms with Gasteiger partial charge in [-0.1, -0.05) is 17.7 Å². The molecular formula is C17H19ClN2O4. The number of aromatic hydroxyl groups is 1. The number of hydrogen-bond acceptors (Lipinski definition) is 4. The molecule has 0 unspecified atom stereocenters. The second-order valence-electron chi connectivity index (χ2n) is 6.61. The molecule has 4 rings (SSSR count). The number of carbonyl (C=O) groups is 2. The number of halogens is 1. The number of phenolic OH excluding ortho intramolecular Hbond substituents is 1. The molecule has 1 spiro atoms. The zero-order valence-corrected chi connectivity index (χ0v) is 14.0. The lowest BCUT2D eigenvalue weighted by Crippen LogP contribution is -2.56. The van der Waals surface area contributed by atoms with Gasteiger partial charge in [0.15, 0.2) is 5.72 Å². The molecule has 0 aliphatic carbocycles. The number of carbonyl (C=O) groups excluding carboxylic acids is 2. The van der Waals surface area contributed by atoms with Gasteiger partial charge in [0.05, 0.1) is 30.5 Å². The van der Waals surface area contributed by atoms with Crippen LogP contribution in [0.4, 0.5) is 0 Å². The normalized spacial score (nSPS) is 28.9. The van der Waals surface area contributed by atoms with Gasteiger partial charge in [-0.3, -0.25) is 9.59 Å². The van der Waals surface area contributed by atoms with E-state index in [1.165, 1.54) is 6.07 Å². The Labute approximate surface area is 144 Å². The van der Waals surface area contributed by atoms with Gasteiger partial charge in [-0.25, -0.2) is 0 Å². The van der Waals surface area contributed by atoms with Crippen LogP contribution in [0.3, 0.4) is 0 Å². The molecule has 1 aromatic rings. The lowest BCUT2D eigenvalue weighted by atomic mass is 10.0. The molecular weight excluding hydrogens is 332 g/mol. The highest BCUT2D eigenvalue weighted by Gasteiger charge is 2.61. The first kappa shape index (κ1) is 15.7. The lowest BCUT2D eigenvalue weighted by Gasteiger charge is -2.42. The van der Waals surface area contributed by atoms with Crippen LogP contribution in [-0.4, -0.2) is 58.2 Å². The van der Waals surface area contributed by atoms with Crippen LogP contribution >= 0.6 is 11.6 Å². The third-order valence-electron chi connectivity index (χ3n) is 5.30. The van der Waals surface area contributed by atoms with E-state index in [0.29, 0.717) is 32.5 Å². The topological polar surface area (TPSA) is 70.1 Å². The Bertz CT molecular complexity index is 710. The second kappa shape index (κ2) is 5.63. The molecule has 3 saturated heterocycles. The average Bonchev–Trinajstić information content (AvgIpc) is 3.03. The summed E-state index contributed by atoms with van der Waals surface area (Å²) in [7, 11) is 0. The third kappa shape index (κ3) is 2.28. The van der Waals surface area contributed by atoms with Crippen LogP contribution in [-0.2, 0) is 20.7 Å². The minimum absolute atomic E-state index is 0.000582. The summed E-state index contributed by atoms with van der Waals surface area (Å²) in [5, 5.41) is 9.72. The highest BCUT2D eigenvalue weighted by atomic mass is 35.5. The zero-order chi connectivity index (χ0) is 16.9. The fourth-order valence-corrected chi connectivity index (χ4v) is 4.39. The van der Waals surface area contributed by atoms with Crippen molar-refractivity contribution in [2.75, 3.05) is 19.7 Å². The number of benzene rings is 1. The summed E-state index contributed by atoms with van der Waals surface area (Å²) in [6.45, 7) is 1.94. The summed E-state index contributed by atoms with van der Waals surface area (Å²) in [6, 6.07) is 4.57. The maximum atomic E-state index is 12.8. The molecule has 3 aliphatic rings. The summed E-state index contributed by atoms with van der Waals surface area (Å²) in [6.07, 6.45) is 2.05. The fraction of sp³-hybridized carbons (Fsp3) is 0.529. The van der Waals surface area contributed by atoms with Gasteiger partial charge >= 0.3 is 0 Å². The van der Waals surface area contributed by atoms with Gasteiger partial charge < -0.3 is 19.6 Å². The molecule has 0 radical (unpaired) electrons. The van der Waals surface area contributed by atoms with E-state index in [2.05, 4.69) is 0 Å². The van der Waals surface area contributed by atoms with E-state index >= 15 is 0 Å². The maximum Gasteiger partial charge on any atom is 0.227 e. The van der Waals surface area contributed by atoms with E-state index in [-0.39, 0.29) is 35.0 Å². The predicted octanol–water partition coefficient (Wildman–Crippen LogP) is 1.54. The van der Waals surface area contributed by atoms with Gasteiger partial charge in [-0.05, 0) is 24.1 Å². The minimum atomic E-state index is -0.613. The molecule has 24 heavy (non-hydrogen) atoms. The standard InChI is InChI=1S/C17H19ClN2O4/c18-12-8-11(2-3-13(12)21)9-15(22)19-6-4-17-14(19)10-16(23)20(17)5-1-7-24-17/h2-3,8,14,21H,1,4-7,9-10H2/t14-,17+/m1/s1. The molecule has 0 bridgehead atoms. The molecule has 3 heterocycles. The second-order valence-corrected chi connectivity index (χ2v) is 7.02. The van der Waals surface area contributed by atoms with Crippen molar-refractivity contribution in [1.29, 1.82) is 0 Å². The van der Waals surface area contributed by atoms with E-state index in [9.17, 15) is 14.7 Å². The first-order valence-electron chi connectivity index (χ1n) is 8.22. The molecule has 3 fully saturated rings. The van der Waals surface area contributed by atoms with Crippen LogP contribution in [0, 0.1) is 0 Å². The number of rotatable bonds is 2. The highest BCUT2D eigenvalue weighted by molar-refractivity contribution is 6.32. The van der Waals surface area contributed by atoms with E-state index < -0.39 is 5.72 Å². The lowest BCUT2D eigenvalue weighted by molar-refractivity contribution is -0.181. The molecule has 1 N–H and O–H groups in total. The summed E-state index contributed by atoms with van der Waals surface area (Å²) in [5.41, 5.74) is 0.131. The van der Waals surface area contributed by atoms with Crippen molar-refractivity contribution in [1.82, 2.24) is 9.80 Å². The van der Waals surface area contributed by atoms with E-state index in [4.69, 9.17) is 16.3 Å². The Morgan fingerprint density at radius 2 is 2.25 bits per heavy atom. The Morgan fingerprint density at radius 3 is 3.04 bits per heavy atom. The molecule has 128 valence electrons. The van der Waals surface area contributed by atoms with Crippen molar-refractivity contribution in [3.8, 4) is 5.75 Å². The van der Waals surface area contributed by atoms with Crippen molar-refractivity contribution >= 4 is 23.4 Å². The fourth-order valence-electron chi connectivity index (χ4n) is 4.18. The molecule has 1 aromatic carbocycles.